The molecule has 0 spiro atoms. The second kappa shape index (κ2) is 8.96. The van der Waals surface area contributed by atoms with Gasteiger partial charge < -0.3 is 14.6 Å². The molecule has 34 heavy (non-hydrogen) atoms. The first-order valence-electron chi connectivity index (χ1n) is 11.2. The molecule has 1 aliphatic rings. The number of carbonyl (C=O) groups is 1. The number of imidazole rings is 1. The number of carbonyl (C=O) groups excluding carboxylic acids is 1. The SMILES string of the molecule is COC(=O)C1CCC(Nc2ncc3c(-c4ccc5nc(C)n(CC(F)F)c5n4)ccn3n2)CC1. The van der Waals surface area contributed by atoms with E-state index in [1.165, 1.54) is 11.7 Å². The third-order valence-electron chi connectivity index (χ3n) is 6.39. The molecule has 0 atom stereocenters. The van der Waals surface area contributed by atoms with Crippen LogP contribution in [0.4, 0.5) is 14.7 Å². The number of aryl methyl sites for hydroxylation is 1. The molecule has 9 nitrogen and oxygen atoms in total. The summed E-state index contributed by atoms with van der Waals surface area (Å²) in [4.78, 5) is 25.2. The average molecular weight is 469 g/mol. The first-order valence-corrected chi connectivity index (χ1v) is 11.2. The van der Waals surface area contributed by atoms with Crippen LogP contribution in [0.1, 0.15) is 31.5 Å². The Kier molecular flexibility index (Phi) is 5.84. The van der Waals surface area contributed by atoms with E-state index >= 15 is 0 Å². The van der Waals surface area contributed by atoms with Crippen molar-refractivity contribution in [2.75, 3.05) is 12.4 Å². The first-order chi connectivity index (χ1) is 16.4. The smallest absolute Gasteiger partial charge is 0.308 e. The maximum absolute atomic E-state index is 13.0. The summed E-state index contributed by atoms with van der Waals surface area (Å²) in [6, 6.07) is 5.68. The summed E-state index contributed by atoms with van der Waals surface area (Å²) in [5.74, 6) is 0.825. The molecule has 0 unspecified atom stereocenters. The Labute approximate surface area is 194 Å². The fourth-order valence-corrected chi connectivity index (χ4v) is 4.63. The molecule has 0 aliphatic heterocycles. The lowest BCUT2D eigenvalue weighted by atomic mass is 9.86. The standard InChI is InChI=1S/C23H25F2N7O2/c1-13-27-18-8-7-17(29-21(18)31(13)12-20(24)25)16-9-10-32-19(16)11-26-23(30-32)28-15-5-3-14(4-6-15)22(33)34-2/h7-11,14-15,20H,3-6,12H2,1-2H3,(H,28,30). The first kappa shape index (κ1) is 22.2. The zero-order valence-electron chi connectivity index (χ0n) is 18.9. The fraction of sp³-hybridized carbons (Fsp3) is 0.435. The molecule has 0 amide bonds. The van der Waals surface area contributed by atoms with Crippen LogP contribution in [0.5, 0.6) is 0 Å². The van der Waals surface area contributed by atoms with Crippen LogP contribution in [0, 0.1) is 12.8 Å². The minimum Gasteiger partial charge on any atom is -0.469 e. The Morgan fingerprint density at radius 2 is 2.00 bits per heavy atom. The van der Waals surface area contributed by atoms with Crippen LogP contribution in [0.15, 0.2) is 30.6 Å². The van der Waals surface area contributed by atoms with Gasteiger partial charge in [-0.3, -0.25) is 4.79 Å². The summed E-state index contributed by atoms with van der Waals surface area (Å²) < 4.78 is 34.1. The highest BCUT2D eigenvalue weighted by Gasteiger charge is 2.27. The summed E-state index contributed by atoms with van der Waals surface area (Å²) in [5.41, 5.74) is 3.19. The maximum atomic E-state index is 13.0. The van der Waals surface area contributed by atoms with E-state index in [1.54, 1.807) is 23.7 Å². The highest BCUT2D eigenvalue weighted by molar-refractivity contribution is 5.82. The van der Waals surface area contributed by atoms with E-state index < -0.39 is 13.0 Å². The van der Waals surface area contributed by atoms with Gasteiger partial charge in [-0.2, -0.15) is 0 Å². The van der Waals surface area contributed by atoms with Crippen LogP contribution in [-0.2, 0) is 16.1 Å². The molecule has 1 saturated carbocycles. The number of pyridine rings is 1. The number of hydrogen-bond donors (Lipinski definition) is 1. The van der Waals surface area contributed by atoms with Crippen molar-refractivity contribution in [1.29, 1.82) is 0 Å². The quantitative estimate of drug-likeness (QED) is 0.428. The van der Waals surface area contributed by atoms with Crippen molar-refractivity contribution in [1.82, 2.24) is 29.1 Å². The molecule has 1 N–H and O–H groups in total. The number of hydrogen-bond acceptors (Lipinski definition) is 7. The summed E-state index contributed by atoms with van der Waals surface area (Å²) >= 11 is 0. The van der Waals surface area contributed by atoms with E-state index in [9.17, 15) is 13.6 Å². The number of nitrogens with zero attached hydrogens (tertiary/aromatic N) is 6. The number of halogens is 2. The summed E-state index contributed by atoms with van der Waals surface area (Å²) in [6.45, 7) is 1.25. The Hall–Kier alpha value is -3.63. The molecule has 4 aromatic heterocycles. The Morgan fingerprint density at radius 1 is 1.21 bits per heavy atom. The number of anilines is 1. The number of rotatable bonds is 6. The van der Waals surface area contributed by atoms with Gasteiger partial charge in [0.15, 0.2) is 5.65 Å². The van der Waals surface area contributed by atoms with Gasteiger partial charge in [-0.25, -0.2) is 28.2 Å². The van der Waals surface area contributed by atoms with E-state index in [1.807, 2.05) is 18.3 Å². The molecule has 0 radical (unpaired) electrons. The summed E-state index contributed by atoms with van der Waals surface area (Å²) in [5, 5.41) is 7.93. The fourth-order valence-electron chi connectivity index (χ4n) is 4.63. The summed E-state index contributed by atoms with van der Waals surface area (Å²) in [7, 11) is 1.42. The number of methoxy groups -OCH3 is 1. The zero-order valence-corrected chi connectivity index (χ0v) is 18.9. The molecule has 11 heteroatoms. The van der Waals surface area contributed by atoms with Gasteiger partial charge in [0.05, 0.1) is 37.0 Å². The second-order valence-corrected chi connectivity index (χ2v) is 8.56. The van der Waals surface area contributed by atoms with Crippen molar-refractivity contribution in [3.63, 3.8) is 0 Å². The van der Waals surface area contributed by atoms with E-state index in [0.717, 1.165) is 36.8 Å². The average Bonchev–Trinajstić information content (AvgIpc) is 3.39. The zero-order chi connectivity index (χ0) is 23.8. The number of ether oxygens (including phenoxy) is 1. The number of aromatic nitrogens is 6. The van der Waals surface area contributed by atoms with Gasteiger partial charge in [-0.05, 0) is 50.8 Å². The topological polar surface area (TPSA) is 99.2 Å². The van der Waals surface area contributed by atoms with Crippen LogP contribution in [-0.4, -0.2) is 54.7 Å². The molecular formula is C23H25F2N7O2. The minimum atomic E-state index is -2.49. The third kappa shape index (κ3) is 4.17. The monoisotopic (exact) mass is 469 g/mol. The van der Waals surface area contributed by atoms with Crippen LogP contribution < -0.4 is 5.32 Å². The molecule has 5 rings (SSSR count). The van der Waals surface area contributed by atoms with Crippen LogP contribution in [0.2, 0.25) is 0 Å². The molecule has 0 saturated heterocycles. The van der Waals surface area contributed by atoms with Gasteiger partial charge in [-0.15, -0.1) is 5.10 Å². The lowest BCUT2D eigenvalue weighted by molar-refractivity contribution is -0.146. The predicted molar refractivity (Wildman–Crippen MR) is 122 cm³/mol. The van der Waals surface area contributed by atoms with Crippen LogP contribution >= 0.6 is 0 Å². The third-order valence-corrected chi connectivity index (χ3v) is 6.39. The Balaban J connectivity index is 1.37. The van der Waals surface area contributed by atoms with E-state index in [4.69, 9.17) is 4.74 Å². The normalized spacial score (nSPS) is 18.6. The number of esters is 1. The molecule has 0 bridgehead atoms. The van der Waals surface area contributed by atoms with Crippen molar-refractivity contribution in [3.05, 3.63) is 36.4 Å². The second-order valence-electron chi connectivity index (χ2n) is 8.56. The van der Waals surface area contributed by atoms with Gasteiger partial charge >= 0.3 is 5.97 Å². The molecule has 178 valence electrons. The molecule has 0 aromatic carbocycles. The molecule has 1 fully saturated rings. The maximum Gasteiger partial charge on any atom is 0.308 e. The summed E-state index contributed by atoms with van der Waals surface area (Å²) in [6.07, 6.45) is 4.28. The van der Waals surface area contributed by atoms with Crippen molar-refractivity contribution < 1.29 is 18.3 Å². The lowest BCUT2D eigenvalue weighted by Gasteiger charge is -2.27. The number of alkyl halides is 2. The van der Waals surface area contributed by atoms with E-state index in [-0.39, 0.29) is 17.9 Å². The Bertz CT molecular complexity index is 1340. The lowest BCUT2D eigenvalue weighted by Crippen LogP contribution is -2.30. The van der Waals surface area contributed by atoms with Crippen molar-refractivity contribution in [2.45, 2.75) is 51.6 Å². The largest absolute Gasteiger partial charge is 0.469 e. The van der Waals surface area contributed by atoms with Gasteiger partial charge in [0, 0.05) is 17.8 Å². The van der Waals surface area contributed by atoms with Crippen LogP contribution in [0.3, 0.4) is 0 Å². The predicted octanol–water partition coefficient (Wildman–Crippen LogP) is 3.86. The van der Waals surface area contributed by atoms with E-state index in [2.05, 4.69) is 25.4 Å². The minimum absolute atomic E-state index is 0.0379. The van der Waals surface area contributed by atoms with Gasteiger partial charge in [0.1, 0.15) is 11.3 Å². The van der Waals surface area contributed by atoms with E-state index in [0.29, 0.717) is 28.6 Å². The number of fused-ring (bicyclic) bond motifs is 2. The molecular weight excluding hydrogens is 444 g/mol. The molecule has 1 aliphatic carbocycles. The number of nitrogens with one attached hydrogen (secondary N) is 1. The highest BCUT2D eigenvalue weighted by atomic mass is 19.3. The molecule has 4 heterocycles. The van der Waals surface area contributed by atoms with Crippen molar-refractivity contribution in [3.8, 4) is 11.3 Å². The Morgan fingerprint density at radius 3 is 2.74 bits per heavy atom. The van der Waals surface area contributed by atoms with Gasteiger partial charge in [-0.1, -0.05) is 0 Å². The van der Waals surface area contributed by atoms with Gasteiger partial charge in [0.2, 0.25) is 5.95 Å². The van der Waals surface area contributed by atoms with Crippen molar-refractivity contribution in [2.24, 2.45) is 5.92 Å². The van der Waals surface area contributed by atoms with Crippen LogP contribution in [0.25, 0.3) is 27.9 Å². The molecule has 4 aromatic rings. The van der Waals surface area contributed by atoms with Crippen molar-refractivity contribution >= 4 is 28.6 Å². The highest BCUT2D eigenvalue weighted by Crippen LogP contribution is 2.28. The van der Waals surface area contributed by atoms with Gasteiger partial charge in [0.25, 0.3) is 6.43 Å².